The minimum absolute atomic E-state index is 0.119. The molecule has 0 bridgehead atoms. The van der Waals surface area contributed by atoms with Crippen molar-refractivity contribution in [3.05, 3.63) is 59.2 Å². The molecule has 7 heteroatoms. The lowest BCUT2D eigenvalue weighted by Crippen LogP contribution is -2.30. The molecular weight excluding hydrogens is 361 g/mol. The molecule has 1 N–H and O–H groups in total. The predicted molar refractivity (Wildman–Crippen MR) is 103 cm³/mol. The number of nitrogens with zero attached hydrogens (tertiary/aromatic N) is 2. The minimum Gasteiger partial charge on any atom is -0.441 e. The Bertz CT molecular complexity index is 913. The quantitative estimate of drug-likeness (QED) is 0.643. The number of benzene rings is 1. The number of carbonyl (C=O) groups is 2. The number of carbonyl (C=O) groups excluding carboxylic acids is 2. The normalized spacial score (nSPS) is 19.2. The Morgan fingerprint density at radius 2 is 1.79 bits per heavy atom. The molecule has 28 heavy (non-hydrogen) atoms. The molecular formula is C21H22FN3O3. The number of amides is 3. The Kier molecular flexibility index (Phi) is 5.14. The SMILES string of the molecule is O=C1N/C(=C/c2ccc(N3CCCCCC3)o2)C(=O)N1Cc1ccccc1F. The smallest absolute Gasteiger partial charge is 0.329 e. The summed E-state index contributed by atoms with van der Waals surface area (Å²) in [7, 11) is 0. The first kappa shape index (κ1) is 18.3. The van der Waals surface area contributed by atoms with Crippen LogP contribution in [0.25, 0.3) is 6.08 Å². The van der Waals surface area contributed by atoms with Crippen LogP contribution in [0, 0.1) is 5.82 Å². The fraction of sp³-hybridized carbons (Fsp3) is 0.333. The van der Waals surface area contributed by atoms with Crippen molar-refractivity contribution in [3.63, 3.8) is 0 Å². The molecule has 2 fully saturated rings. The molecule has 2 aromatic rings. The summed E-state index contributed by atoms with van der Waals surface area (Å²) in [6.07, 6.45) is 6.25. The molecule has 0 saturated carbocycles. The number of anilines is 1. The summed E-state index contributed by atoms with van der Waals surface area (Å²) in [4.78, 5) is 28.0. The van der Waals surface area contributed by atoms with Crippen molar-refractivity contribution in [1.82, 2.24) is 10.2 Å². The van der Waals surface area contributed by atoms with Crippen molar-refractivity contribution >= 4 is 23.9 Å². The fourth-order valence-corrected chi connectivity index (χ4v) is 3.54. The second kappa shape index (κ2) is 7.88. The molecule has 0 unspecified atom stereocenters. The third kappa shape index (κ3) is 3.78. The van der Waals surface area contributed by atoms with Crippen LogP contribution in [0.5, 0.6) is 0 Å². The summed E-state index contributed by atoms with van der Waals surface area (Å²) >= 11 is 0. The summed E-state index contributed by atoms with van der Waals surface area (Å²) in [6, 6.07) is 9.19. The molecule has 6 nitrogen and oxygen atoms in total. The van der Waals surface area contributed by atoms with Gasteiger partial charge in [-0.2, -0.15) is 0 Å². The summed E-state index contributed by atoms with van der Waals surface area (Å²) in [5, 5.41) is 2.54. The van der Waals surface area contributed by atoms with E-state index in [0.29, 0.717) is 5.76 Å². The number of halogens is 1. The Morgan fingerprint density at radius 1 is 1.04 bits per heavy atom. The van der Waals surface area contributed by atoms with Crippen LogP contribution in [0.1, 0.15) is 37.0 Å². The number of hydrogen-bond donors (Lipinski definition) is 1. The van der Waals surface area contributed by atoms with Crippen LogP contribution >= 0.6 is 0 Å². The van der Waals surface area contributed by atoms with Crippen LogP contribution in [0.15, 0.2) is 46.5 Å². The number of imide groups is 1. The van der Waals surface area contributed by atoms with Gasteiger partial charge in [0.2, 0.25) is 0 Å². The Hall–Kier alpha value is -3.09. The van der Waals surface area contributed by atoms with E-state index in [9.17, 15) is 14.0 Å². The highest BCUT2D eigenvalue weighted by atomic mass is 19.1. The van der Waals surface area contributed by atoms with E-state index in [0.717, 1.165) is 36.7 Å². The van der Waals surface area contributed by atoms with Crippen LogP contribution in [0.4, 0.5) is 15.1 Å². The van der Waals surface area contributed by atoms with Crippen molar-refractivity contribution in [2.45, 2.75) is 32.2 Å². The van der Waals surface area contributed by atoms with Crippen LogP contribution in [-0.4, -0.2) is 29.9 Å². The molecule has 0 spiro atoms. The van der Waals surface area contributed by atoms with E-state index in [1.54, 1.807) is 24.3 Å². The topological polar surface area (TPSA) is 65.8 Å². The lowest BCUT2D eigenvalue weighted by atomic mass is 10.2. The van der Waals surface area contributed by atoms with Gasteiger partial charge in [-0.05, 0) is 25.0 Å². The summed E-state index contributed by atoms with van der Waals surface area (Å²) in [5.74, 6) is 0.319. The van der Waals surface area contributed by atoms with E-state index < -0.39 is 17.8 Å². The molecule has 2 aliphatic heterocycles. The minimum atomic E-state index is -0.571. The average molecular weight is 383 g/mol. The Balaban J connectivity index is 1.49. The van der Waals surface area contributed by atoms with Crippen molar-refractivity contribution < 1.29 is 18.4 Å². The van der Waals surface area contributed by atoms with Crippen LogP contribution in [0.3, 0.4) is 0 Å². The molecule has 146 valence electrons. The second-order valence-electron chi connectivity index (χ2n) is 7.05. The summed E-state index contributed by atoms with van der Waals surface area (Å²) in [6.45, 7) is 1.79. The maximum Gasteiger partial charge on any atom is 0.329 e. The van der Waals surface area contributed by atoms with Crippen LogP contribution < -0.4 is 10.2 Å². The molecule has 3 heterocycles. The molecule has 2 aliphatic rings. The molecule has 0 atom stereocenters. The van der Waals surface area contributed by atoms with Crippen LogP contribution in [-0.2, 0) is 11.3 Å². The Morgan fingerprint density at radius 3 is 2.54 bits per heavy atom. The highest BCUT2D eigenvalue weighted by Crippen LogP contribution is 2.25. The van der Waals surface area contributed by atoms with Crippen molar-refractivity contribution in [1.29, 1.82) is 0 Å². The molecule has 2 saturated heterocycles. The summed E-state index contributed by atoms with van der Waals surface area (Å²) < 4.78 is 19.7. The number of nitrogens with one attached hydrogen (secondary N) is 1. The number of furan rings is 1. The first-order chi connectivity index (χ1) is 13.6. The van der Waals surface area contributed by atoms with E-state index in [4.69, 9.17) is 4.42 Å². The predicted octanol–water partition coefficient (Wildman–Crippen LogP) is 3.89. The van der Waals surface area contributed by atoms with Gasteiger partial charge in [0, 0.05) is 30.8 Å². The first-order valence-corrected chi connectivity index (χ1v) is 9.54. The third-order valence-corrected chi connectivity index (χ3v) is 5.07. The van der Waals surface area contributed by atoms with Gasteiger partial charge in [0.15, 0.2) is 5.88 Å². The molecule has 0 aliphatic carbocycles. The van der Waals surface area contributed by atoms with E-state index in [-0.39, 0.29) is 17.8 Å². The average Bonchev–Trinajstić information content (AvgIpc) is 3.12. The monoisotopic (exact) mass is 383 g/mol. The van der Waals surface area contributed by atoms with Gasteiger partial charge in [-0.1, -0.05) is 31.0 Å². The number of rotatable bonds is 4. The van der Waals surface area contributed by atoms with Crippen molar-refractivity contribution in [2.75, 3.05) is 18.0 Å². The van der Waals surface area contributed by atoms with E-state index in [1.165, 1.54) is 25.0 Å². The number of hydrogen-bond acceptors (Lipinski definition) is 4. The number of urea groups is 1. The third-order valence-electron chi connectivity index (χ3n) is 5.07. The van der Waals surface area contributed by atoms with E-state index in [1.807, 2.05) is 6.07 Å². The van der Waals surface area contributed by atoms with Crippen molar-refractivity contribution in [2.24, 2.45) is 0 Å². The lowest BCUT2D eigenvalue weighted by molar-refractivity contribution is -0.123. The van der Waals surface area contributed by atoms with Crippen molar-refractivity contribution in [3.8, 4) is 0 Å². The van der Waals surface area contributed by atoms with Gasteiger partial charge in [-0.3, -0.25) is 9.69 Å². The van der Waals surface area contributed by atoms with Gasteiger partial charge in [0.1, 0.15) is 17.3 Å². The highest BCUT2D eigenvalue weighted by molar-refractivity contribution is 6.13. The standard InChI is InChI=1S/C21H22FN3O3/c22-17-8-4-3-7-15(17)14-25-20(26)18(23-21(25)27)13-16-9-10-19(28-16)24-11-5-1-2-6-12-24/h3-4,7-10,13H,1-2,5-6,11-12,14H2,(H,23,27)/b18-13+. The lowest BCUT2D eigenvalue weighted by Gasteiger charge is -2.18. The van der Waals surface area contributed by atoms with E-state index >= 15 is 0 Å². The molecule has 1 aromatic carbocycles. The second-order valence-corrected chi connectivity index (χ2v) is 7.05. The zero-order valence-electron chi connectivity index (χ0n) is 15.5. The largest absolute Gasteiger partial charge is 0.441 e. The van der Waals surface area contributed by atoms with Gasteiger partial charge >= 0.3 is 6.03 Å². The van der Waals surface area contributed by atoms with Crippen LogP contribution in [0.2, 0.25) is 0 Å². The maximum absolute atomic E-state index is 13.8. The van der Waals surface area contributed by atoms with Gasteiger partial charge < -0.3 is 14.6 Å². The fourth-order valence-electron chi connectivity index (χ4n) is 3.54. The first-order valence-electron chi connectivity index (χ1n) is 9.54. The van der Waals surface area contributed by atoms with Gasteiger partial charge in [0.25, 0.3) is 5.91 Å². The van der Waals surface area contributed by atoms with Gasteiger partial charge in [-0.15, -0.1) is 0 Å². The molecule has 1 aromatic heterocycles. The highest BCUT2D eigenvalue weighted by Gasteiger charge is 2.34. The zero-order chi connectivity index (χ0) is 19.5. The molecule has 3 amide bonds. The van der Waals surface area contributed by atoms with Gasteiger partial charge in [-0.25, -0.2) is 9.18 Å². The molecule has 0 radical (unpaired) electrons. The van der Waals surface area contributed by atoms with Gasteiger partial charge in [0.05, 0.1) is 6.54 Å². The summed E-state index contributed by atoms with van der Waals surface area (Å²) in [5.41, 5.74) is 0.409. The maximum atomic E-state index is 13.8. The Labute approximate surface area is 162 Å². The zero-order valence-corrected chi connectivity index (χ0v) is 15.5. The van der Waals surface area contributed by atoms with E-state index in [2.05, 4.69) is 10.2 Å². The molecule has 4 rings (SSSR count).